The summed E-state index contributed by atoms with van der Waals surface area (Å²) in [6.45, 7) is 0. The van der Waals surface area contributed by atoms with Crippen LogP contribution in [0.15, 0.2) is 89.4 Å². The van der Waals surface area contributed by atoms with Crippen LogP contribution < -0.4 is 0 Å². The van der Waals surface area contributed by atoms with Gasteiger partial charge in [0.2, 0.25) is 5.78 Å². The zero-order valence-corrected chi connectivity index (χ0v) is 18.5. The highest BCUT2D eigenvalue weighted by atomic mass is 79.9. The van der Waals surface area contributed by atoms with Crippen molar-refractivity contribution < 1.29 is 4.79 Å². The summed E-state index contributed by atoms with van der Waals surface area (Å²) >= 11 is 5.20. The summed E-state index contributed by atoms with van der Waals surface area (Å²) in [6, 6.07) is 27.4. The highest BCUT2D eigenvalue weighted by molar-refractivity contribution is 9.10. The van der Waals surface area contributed by atoms with E-state index in [1.165, 1.54) is 0 Å². The van der Waals surface area contributed by atoms with Crippen molar-refractivity contribution in [3.63, 3.8) is 0 Å². The molecule has 6 aromatic rings. The zero-order valence-electron chi connectivity index (χ0n) is 16.1. The van der Waals surface area contributed by atoms with E-state index in [0.717, 1.165) is 36.1 Å². The Labute approximate surface area is 190 Å². The summed E-state index contributed by atoms with van der Waals surface area (Å²) in [5.41, 5.74) is 4.24. The topological polar surface area (TPSA) is 47.3 Å². The molecule has 0 amide bonds. The van der Waals surface area contributed by atoms with E-state index in [2.05, 4.69) is 27.0 Å². The number of halogens is 1. The van der Waals surface area contributed by atoms with E-state index < -0.39 is 0 Å². The van der Waals surface area contributed by atoms with Gasteiger partial charge in [-0.2, -0.15) is 0 Å². The number of nitrogens with zero attached hydrogens (tertiary/aromatic N) is 3. The van der Waals surface area contributed by atoms with Crippen LogP contribution in [0.25, 0.3) is 37.3 Å². The van der Waals surface area contributed by atoms with E-state index in [4.69, 9.17) is 4.98 Å². The van der Waals surface area contributed by atoms with Crippen LogP contribution in [0.1, 0.15) is 16.2 Å². The third-order valence-electron chi connectivity index (χ3n) is 5.33. The number of aromatic nitrogens is 3. The maximum Gasteiger partial charge on any atom is 0.230 e. The third kappa shape index (κ3) is 2.91. The van der Waals surface area contributed by atoms with Crippen molar-refractivity contribution in [1.82, 2.24) is 14.4 Å². The van der Waals surface area contributed by atoms with Crippen molar-refractivity contribution in [1.29, 1.82) is 0 Å². The fraction of sp³-hybridized carbons (Fsp3) is 0. The number of hydrogen-bond donors (Lipinski definition) is 0. The molecule has 6 heteroatoms. The number of rotatable bonds is 3. The molecule has 0 saturated heterocycles. The smallest absolute Gasteiger partial charge is 0.230 e. The Bertz CT molecular complexity index is 1630. The molecule has 0 radical (unpaired) electrons. The first-order valence-corrected chi connectivity index (χ1v) is 11.4. The Balaban J connectivity index is 1.66. The van der Waals surface area contributed by atoms with Crippen molar-refractivity contribution in [3.8, 4) is 11.3 Å². The van der Waals surface area contributed by atoms with Gasteiger partial charge >= 0.3 is 0 Å². The molecule has 31 heavy (non-hydrogen) atoms. The minimum Gasteiger partial charge on any atom is -0.285 e. The molecule has 0 N–H and O–H groups in total. The van der Waals surface area contributed by atoms with Gasteiger partial charge < -0.3 is 0 Å². The van der Waals surface area contributed by atoms with Crippen LogP contribution in [-0.4, -0.2) is 20.2 Å². The lowest BCUT2D eigenvalue weighted by atomic mass is 10.1. The molecule has 0 spiro atoms. The van der Waals surface area contributed by atoms with Gasteiger partial charge in [0, 0.05) is 15.4 Å². The van der Waals surface area contributed by atoms with Crippen LogP contribution in [0, 0.1) is 0 Å². The van der Waals surface area contributed by atoms with Gasteiger partial charge in [-0.15, -0.1) is 0 Å². The predicted octanol–water partition coefficient (Wildman–Crippen LogP) is 6.76. The van der Waals surface area contributed by atoms with E-state index in [-0.39, 0.29) is 5.78 Å². The standard InChI is InChI=1S/C25H14BrN3OS/c26-17-9-3-2-8-16(17)22-23(29-20-11-5-6-12-21(20)31-25(29)28-22)24(30)19-14-13-15-7-1-4-10-18(15)27-19/h1-14H. The maximum atomic E-state index is 13.9. The molecule has 0 atom stereocenters. The maximum absolute atomic E-state index is 13.9. The molecule has 0 fully saturated rings. The van der Waals surface area contributed by atoms with Crippen molar-refractivity contribution >= 4 is 59.1 Å². The number of imidazole rings is 1. The molecule has 0 bridgehead atoms. The molecule has 0 saturated carbocycles. The Kier molecular flexibility index (Phi) is 4.23. The molecule has 0 aliphatic rings. The lowest BCUT2D eigenvalue weighted by Crippen LogP contribution is -2.09. The van der Waals surface area contributed by atoms with E-state index in [1.807, 2.05) is 77.2 Å². The summed E-state index contributed by atoms with van der Waals surface area (Å²) in [5, 5.41) is 1.00. The summed E-state index contributed by atoms with van der Waals surface area (Å²) < 4.78 is 3.95. The molecule has 0 unspecified atom stereocenters. The Morgan fingerprint density at radius 3 is 2.52 bits per heavy atom. The average Bonchev–Trinajstić information content (AvgIpc) is 3.34. The normalized spacial score (nSPS) is 11.5. The van der Waals surface area contributed by atoms with E-state index in [1.54, 1.807) is 17.4 Å². The fourth-order valence-electron chi connectivity index (χ4n) is 3.88. The zero-order chi connectivity index (χ0) is 20.9. The molecule has 148 valence electrons. The number of ketones is 1. The second-order valence-electron chi connectivity index (χ2n) is 7.19. The number of carbonyl (C=O) groups excluding carboxylic acids is 1. The minimum atomic E-state index is -0.146. The van der Waals surface area contributed by atoms with Crippen molar-refractivity contribution in [2.75, 3.05) is 0 Å². The molecule has 4 nitrogen and oxygen atoms in total. The van der Waals surface area contributed by atoms with Crippen LogP contribution >= 0.6 is 27.3 Å². The SMILES string of the molecule is O=C(c1ccc2ccccc2n1)c1c(-c2ccccc2Br)nc2sc3ccccc3n12. The molecule has 3 aromatic carbocycles. The average molecular weight is 484 g/mol. The van der Waals surface area contributed by atoms with Gasteiger partial charge in [-0.05, 0) is 30.3 Å². The lowest BCUT2D eigenvalue weighted by molar-refractivity contribution is 0.103. The summed E-state index contributed by atoms with van der Waals surface area (Å²) in [5.74, 6) is -0.146. The monoisotopic (exact) mass is 483 g/mol. The molecule has 0 aliphatic heterocycles. The van der Waals surface area contributed by atoms with E-state index in [9.17, 15) is 4.79 Å². The predicted molar refractivity (Wildman–Crippen MR) is 129 cm³/mol. The Morgan fingerprint density at radius 2 is 1.61 bits per heavy atom. The van der Waals surface area contributed by atoms with Crippen molar-refractivity contribution in [2.45, 2.75) is 0 Å². The second-order valence-corrected chi connectivity index (χ2v) is 9.06. The highest BCUT2D eigenvalue weighted by Gasteiger charge is 2.26. The Morgan fingerprint density at radius 1 is 0.839 bits per heavy atom. The molecule has 3 heterocycles. The first kappa shape index (κ1) is 18.4. The van der Waals surface area contributed by atoms with Crippen LogP contribution in [-0.2, 0) is 0 Å². The number of fused-ring (bicyclic) bond motifs is 4. The highest BCUT2D eigenvalue weighted by Crippen LogP contribution is 2.36. The number of benzene rings is 3. The first-order valence-electron chi connectivity index (χ1n) is 9.76. The number of thiazole rings is 1. The van der Waals surface area contributed by atoms with Gasteiger partial charge in [-0.1, -0.05) is 81.9 Å². The third-order valence-corrected chi connectivity index (χ3v) is 7.04. The Hall–Kier alpha value is -3.35. The summed E-state index contributed by atoms with van der Waals surface area (Å²) in [7, 11) is 0. The quantitative estimate of drug-likeness (QED) is 0.261. The number of carbonyl (C=O) groups is 1. The van der Waals surface area contributed by atoms with Gasteiger partial charge in [-0.25, -0.2) is 9.97 Å². The molecular weight excluding hydrogens is 470 g/mol. The molecule has 0 aliphatic carbocycles. The van der Waals surface area contributed by atoms with Crippen LogP contribution in [0.5, 0.6) is 0 Å². The van der Waals surface area contributed by atoms with E-state index >= 15 is 0 Å². The lowest BCUT2D eigenvalue weighted by Gasteiger charge is -2.07. The first-order chi connectivity index (χ1) is 15.2. The molecule has 6 rings (SSSR count). The second kappa shape index (κ2) is 7.11. The number of hydrogen-bond acceptors (Lipinski definition) is 4. The summed E-state index contributed by atoms with van der Waals surface area (Å²) in [4.78, 5) is 24.2. The van der Waals surface area contributed by atoms with Gasteiger partial charge in [-0.3, -0.25) is 9.20 Å². The number of pyridine rings is 1. The van der Waals surface area contributed by atoms with Crippen LogP contribution in [0.3, 0.4) is 0 Å². The molecule has 3 aromatic heterocycles. The van der Waals surface area contributed by atoms with Gasteiger partial charge in [0.15, 0.2) is 4.96 Å². The minimum absolute atomic E-state index is 0.146. The van der Waals surface area contributed by atoms with Crippen LogP contribution in [0.4, 0.5) is 0 Å². The fourth-order valence-corrected chi connectivity index (χ4v) is 5.38. The van der Waals surface area contributed by atoms with Crippen molar-refractivity contribution in [3.05, 3.63) is 101 Å². The van der Waals surface area contributed by atoms with Gasteiger partial charge in [0.1, 0.15) is 17.1 Å². The summed E-state index contributed by atoms with van der Waals surface area (Å²) in [6.07, 6.45) is 0. The van der Waals surface area contributed by atoms with Gasteiger partial charge in [0.25, 0.3) is 0 Å². The number of para-hydroxylation sites is 2. The molecular formula is C25H14BrN3OS. The van der Waals surface area contributed by atoms with Gasteiger partial charge in [0.05, 0.1) is 15.7 Å². The van der Waals surface area contributed by atoms with Crippen LogP contribution in [0.2, 0.25) is 0 Å². The van der Waals surface area contributed by atoms with Crippen molar-refractivity contribution in [2.24, 2.45) is 0 Å². The largest absolute Gasteiger partial charge is 0.285 e. The van der Waals surface area contributed by atoms with E-state index in [0.29, 0.717) is 17.1 Å².